The summed E-state index contributed by atoms with van der Waals surface area (Å²) in [6.07, 6.45) is 0.501. The number of nitrogens with zero attached hydrogens (tertiary/aromatic N) is 1. The molecule has 0 aliphatic heterocycles. The number of hydrogen-bond donors (Lipinski definition) is 2. The van der Waals surface area contributed by atoms with Crippen LogP contribution in [0.1, 0.15) is 31.4 Å². The predicted molar refractivity (Wildman–Crippen MR) is 113 cm³/mol. The molecule has 2 rings (SSSR count). The summed E-state index contributed by atoms with van der Waals surface area (Å²) in [6.45, 7) is 4.37. The molecule has 1 unspecified atom stereocenters. The van der Waals surface area contributed by atoms with Gasteiger partial charge < -0.3 is 19.9 Å². The highest BCUT2D eigenvalue weighted by molar-refractivity contribution is 6.31. The molecular formula is C21H25ClN2O6. The molecule has 2 N–H and O–H groups in total. The van der Waals surface area contributed by atoms with Crippen LogP contribution >= 0.6 is 11.6 Å². The van der Waals surface area contributed by atoms with Crippen molar-refractivity contribution in [2.75, 3.05) is 7.11 Å². The van der Waals surface area contributed by atoms with Crippen molar-refractivity contribution in [1.29, 1.82) is 0 Å². The molecule has 0 aliphatic rings. The number of carboxylic acid groups (broad SMARTS) is 1. The van der Waals surface area contributed by atoms with E-state index < -0.39 is 16.9 Å². The minimum Gasteiger partial charge on any atom is -0.493 e. The normalized spacial score (nSPS) is 11.9. The maximum atomic E-state index is 11.4. The average molecular weight is 437 g/mol. The van der Waals surface area contributed by atoms with E-state index in [4.69, 9.17) is 21.1 Å². The highest BCUT2D eigenvalue weighted by Crippen LogP contribution is 2.34. The Kier molecular flexibility index (Phi) is 8.44. The maximum Gasteiger partial charge on any atom is 0.320 e. The van der Waals surface area contributed by atoms with Gasteiger partial charge >= 0.3 is 5.97 Å². The Balaban J connectivity index is 2.09. The number of carbonyl (C=O) groups is 1. The molecule has 0 radical (unpaired) electrons. The summed E-state index contributed by atoms with van der Waals surface area (Å²) in [5, 5.41) is 23.5. The molecule has 162 valence electrons. The Labute approximate surface area is 179 Å². The molecule has 0 bridgehead atoms. The van der Waals surface area contributed by atoms with Crippen LogP contribution in [0.4, 0.5) is 5.69 Å². The lowest BCUT2D eigenvalue weighted by Crippen LogP contribution is -2.37. The van der Waals surface area contributed by atoms with Crippen molar-refractivity contribution in [3.8, 4) is 11.5 Å². The maximum absolute atomic E-state index is 11.4. The van der Waals surface area contributed by atoms with E-state index in [1.54, 1.807) is 24.3 Å². The lowest BCUT2D eigenvalue weighted by atomic mass is 10.0. The zero-order valence-electron chi connectivity index (χ0n) is 17.1. The van der Waals surface area contributed by atoms with Crippen molar-refractivity contribution in [3.63, 3.8) is 0 Å². The Hall–Kier alpha value is -2.84. The van der Waals surface area contributed by atoms with Crippen molar-refractivity contribution in [2.24, 2.45) is 5.92 Å². The standard InChI is InChI=1S/C21H25ClN2O6/c1-13(2)8-18(21(25)26)23-11-15-9-19(29-3)20(10-17(15)22)30-12-14-4-6-16(7-5-14)24(27)28/h4-7,9-10,13,18,23H,8,11-12H2,1-3H3,(H,25,26). The van der Waals surface area contributed by atoms with E-state index in [9.17, 15) is 20.0 Å². The molecule has 0 heterocycles. The van der Waals surface area contributed by atoms with E-state index in [2.05, 4.69) is 5.32 Å². The Bertz CT molecular complexity index is 886. The third-order valence-corrected chi connectivity index (χ3v) is 4.77. The van der Waals surface area contributed by atoms with E-state index in [0.29, 0.717) is 28.5 Å². The molecule has 30 heavy (non-hydrogen) atoms. The number of ether oxygens (including phenoxy) is 2. The van der Waals surface area contributed by atoms with Crippen molar-refractivity contribution in [3.05, 3.63) is 62.7 Å². The number of carboxylic acids is 1. The lowest BCUT2D eigenvalue weighted by Gasteiger charge is -2.18. The third-order valence-electron chi connectivity index (χ3n) is 4.42. The molecule has 9 heteroatoms. The molecule has 0 amide bonds. The van der Waals surface area contributed by atoms with Crippen LogP contribution in [0, 0.1) is 16.0 Å². The van der Waals surface area contributed by atoms with Gasteiger partial charge in [-0.15, -0.1) is 0 Å². The van der Waals surface area contributed by atoms with Gasteiger partial charge in [-0.25, -0.2) is 0 Å². The Morgan fingerprint density at radius 3 is 2.43 bits per heavy atom. The second kappa shape index (κ2) is 10.8. The SMILES string of the molecule is COc1cc(CNC(CC(C)C)C(=O)O)c(Cl)cc1OCc1ccc([N+](=O)[O-])cc1. The van der Waals surface area contributed by atoms with E-state index in [1.165, 1.54) is 19.2 Å². The Morgan fingerprint density at radius 2 is 1.90 bits per heavy atom. The van der Waals surface area contributed by atoms with Gasteiger partial charge in [0.1, 0.15) is 12.6 Å². The van der Waals surface area contributed by atoms with Gasteiger partial charge in [0.2, 0.25) is 0 Å². The number of benzene rings is 2. The summed E-state index contributed by atoms with van der Waals surface area (Å²) in [6, 6.07) is 8.69. The van der Waals surface area contributed by atoms with Gasteiger partial charge in [-0.2, -0.15) is 0 Å². The number of halogens is 1. The Morgan fingerprint density at radius 1 is 1.23 bits per heavy atom. The lowest BCUT2D eigenvalue weighted by molar-refractivity contribution is -0.384. The molecule has 0 fully saturated rings. The number of methoxy groups -OCH3 is 1. The number of non-ortho nitro benzene ring substituents is 1. The molecule has 0 saturated carbocycles. The number of nitro groups is 1. The van der Waals surface area contributed by atoms with Crippen LogP contribution < -0.4 is 14.8 Å². The van der Waals surface area contributed by atoms with Crippen LogP contribution in [-0.2, 0) is 17.9 Å². The summed E-state index contributed by atoms with van der Waals surface area (Å²) >= 11 is 6.37. The molecular weight excluding hydrogens is 412 g/mol. The fraction of sp³-hybridized carbons (Fsp3) is 0.381. The minimum absolute atomic E-state index is 0.00774. The smallest absolute Gasteiger partial charge is 0.320 e. The van der Waals surface area contributed by atoms with Gasteiger partial charge in [-0.1, -0.05) is 25.4 Å². The summed E-state index contributed by atoms with van der Waals surface area (Å²) in [5.41, 5.74) is 1.45. The highest BCUT2D eigenvalue weighted by atomic mass is 35.5. The molecule has 2 aromatic rings. The third kappa shape index (κ3) is 6.60. The van der Waals surface area contributed by atoms with Gasteiger partial charge in [0.15, 0.2) is 11.5 Å². The number of aliphatic carboxylic acids is 1. The van der Waals surface area contributed by atoms with Crippen molar-refractivity contribution in [1.82, 2.24) is 5.32 Å². The van der Waals surface area contributed by atoms with Crippen LogP contribution in [0.5, 0.6) is 11.5 Å². The molecule has 2 aromatic carbocycles. The van der Waals surface area contributed by atoms with Crippen molar-refractivity contribution < 1.29 is 24.3 Å². The van der Waals surface area contributed by atoms with Crippen LogP contribution in [0.3, 0.4) is 0 Å². The van der Waals surface area contributed by atoms with Gasteiger partial charge in [0.05, 0.1) is 12.0 Å². The first-order valence-electron chi connectivity index (χ1n) is 9.40. The average Bonchev–Trinajstić information content (AvgIpc) is 2.70. The van der Waals surface area contributed by atoms with Gasteiger partial charge in [0.25, 0.3) is 5.69 Å². The molecule has 1 atom stereocenters. The first-order chi connectivity index (χ1) is 14.2. The number of rotatable bonds is 11. The van der Waals surface area contributed by atoms with Crippen LogP contribution in [0.2, 0.25) is 5.02 Å². The fourth-order valence-corrected chi connectivity index (χ4v) is 3.06. The van der Waals surface area contributed by atoms with Crippen LogP contribution in [-0.4, -0.2) is 29.2 Å². The largest absolute Gasteiger partial charge is 0.493 e. The van der Waals surface area contributed by atoms with E-state index >= 15 is 0 Å². The second-order valence-electron chi connectivity index (χ2n) is 7.21. The molecule has 0 saturated heterocycles. The fourth-order valence-electron chi connectivity index (χ4n) is 2.84. The first-order valence-corrected chi connectivity index (χ1v) is 9.77. The molecule has 0 aliphatic carbocycles. The van der Waals surface area contributed by atoms with Crippen LogP contribution in [0.15, 0.2) is 36.4 Å². The first kappa shape index (κ1) is 23.4. The summed E-state index contributed by atoms with van der Waals surface area (Å²) in [7, 11) is 1.50. The molecule has 0 spiro atoms. The number of nitro benzene ring substituents is 1. The van der Waals surface area contributed by atoms with Crippen molar-refractivity contribution >= 4 is 23.3 Å². The number of nitrogens with one attached hydrogen (secondary N) is 1. The summed E-state index contributed by atoms with van der Waals surface area (Å²) in [5.74, 6) is 0.198. The van der Waals surface area contributed by atoms with Crippen molar-refractivity contribution in [2.45, 2.75) is 39.5 Å². The number of hydrogen-bond acceptors (Lipinski definition) is 6. The van der Waals surface area contributed by atoms with Gasteiger partial charge in [-0.05, 0) is 41.7 Å². The zero-order valence-corrected chi connectivity index (χ0v) is 17.8. The van der Waals surface area contributed by atoms with E-state index in [1.807, 2.05) is 13.8 Å². The van der Waals surface area contributed by atoms with Crippen LogP contribution in [0.25, 0.3) is 0 Å². The second-order valence-corrected chi connectivity index (χ2v) is 7.62. The van der Waals surface area contributed by atoms with E-state index in [0.717, 1.165) is 5.56 Å². The molecule has 8 nitrogen and oxygen atoms in total. The summed E-state index contributed by atoms with van der Waals surface area (Å²) < 4.78 is 11.2. The van der Waals surface area contributed by atoms with E-state index in [-0.39, 0.29) is 24.8 Å². The monoisotopic (exact) mass is 436 g/mol. The topological polar surface area (TPSA) is 111 Å². The minimum atomic E-state index is -0.908. The predicted octanol–water partition coefficient (Wildman–Crippen LogP) is 4.42. The molecule has 0 aromatic heterocycles. The van der Waals surface area contributed by atoms with Gasteiger partial charge in [0, 0.05) is 29.8 Å². The summed E-state index contributed by atoms with van der Waals surface area (Å²) in [4.78, 5) is 21.7. The van der Waals surface area contributed by atoms with Gasteiger partial charge in [-0.3, -0.25) is 14.9 Å². The quantitative estimate of drug-likeness (QED) is 0.396. The zero-order chi connectivity index (χ0) is 22.3. The highest BCUT2D eigenvalue weighted by Gasteiger charge is 2.19.